The summed E-state index contributed by atoms with van der Waals surface area (Å²) in [5.74, 6) is -0.743. The molecule has 152 valence electrons. The number of carbonyl (C=O) groups is 2. The molecule has 0 spiro atoms. The van der Waals surface area contributed by atoms with Gasteiger partial charge in [0.1, 0.15) is 11.3 Å². The Morgan fingerprint density at radius 2 is 1.97 bits per heavy atom. The summed E-state index contributed by atoms with van der Waals surface area (Å²) in [5, 5.41) is 2.23. The summed E-state index contributed by atoms with van der Waals surface area (Å²) >= 11 is 7.65. The van der Waals surface area contributed by atoms with Crippen molar-refractivity contribution in [1.29, 1.82) is 0 Å². The van der Waals surface area contributed by atoms with Crippen LogP contribution in [0.1, 0.15) is 37.0 Å². The predicted octanol–water partition coefficient (Wildman–Crippen LogP) is 4.50. The number of methoxy groups -OCH3 is 1. The molecular formula is C21H21ClN2O4S. The van der Waals surface area contributed by atoms with Crippen LogP contribution < -0.4 is 10.5 Å². The van der Waals surface area contributed by atoms with Gasteiger partial charge in [-0.05, 0) is 37.4 Å². The largest absolute Gasteiger partial charge is 0.496 e. The number of aryl methyl sites for hydroxylation is 1. The number of benzene rings is 1. The molecule has 29 heavy (non-hydrogen) atoms. The third-order valence-corrected chi connectivity index (χ3v) is 5.83. The Morgan fingerprint density at radius 3 is 2.62 bits per heavy atom. The molecular weight excluding hydrogens is 412 g/mol. The first kappa shape index (κ1) is 21.0. The van der Waals surface area contributed by atoms with Gasteiger partial charge in [0, 0.05) is 27.9 Å². The Balaban J connectivity index is 1.73. The standard InChI is InChI=1S/C21H21ClN2O4S/c1-12-7-15(13(2)24(12)10-14-5-4-6-29-14)19(25)11-28-21(26)16-8-17(22)18(23)9-20(16)27-3/h4-9H,10-11,23H2,1-3H3. The number of Topliss-reactive ketones (excluding diaryl/α,β-unsaturated/α-hetero) is 1. The fourth-order valence-electron chi connectivity index (χ4n) is 3.07. The van der Waals surface area contributed by atoms with Gasteiger partial charge >= 0.3 is 5.97 Å². The number of esters is 1. The van der Waals surface area contributed by atoms with E-state index in [0.717, 1.165) is 11.4 Å². The van der Waals surface area contributed by atoms with E-state index in [1.54, 1.807) is 11.3 Å². The topological polar surface area (TPSA) is 83.6 Å². The van der Waals surface area contributed by atoms with Crippen molar-refractivity contribution in [3.8, 4) is 5.75 Å². The molecule has 0 aliphatic carbocycles. The fraction of sp³-hybridized carbons (Fsp3) is 0.238. The lowest BCUT2D eigenvalue weighted by Crippen LogP contribution is -2.16. The third kappa shape index (κ3) is 4.46. The lowest BCUT2D eigenvalue weighted by Gasteiger charge is -2.11. The number of nitrogen functional groups attached to an aromatic ring is 1. The van der Waals surface area contributed by atoms with Gasteiger partial charge in [-0.1, -0.05) is 17.7 Å². The van der Waals surface area contributed by atoms with Gasteiger partial charge in [-0.25, -0.2) is 4.79 Å². The van der Waals surface area contributed by atoms with E-state index in [9.17, 15) is 9.59 Å². The van der Waals surface area contributed by atoms with Gasteiger partial charge < -0.3 is 19.8 Å². The Labute approximate surface area is 177 Å². The molecule has 3 rings (SSSR count). The van der Waals surface area contributed by atoms with E-state index >= 15 is 0 Å². The number of hydrogen-bond donors (Lipinski definition) is 1. The fourth-order valence-corrected chi connectivity index (χ4v) is 3.93. The Hall–Kier alpha value is -2.77. The van der Waals surface area contributed by atoms with Crippen molar-refractivity contribution in [3.63, 3.8) is 0 Å². The molecule has 2 N–H and O–H groups in total. The highest BCUT2D eigenvalue weighted by Gasteiger charge is 2.21. The molecule has 2 heterocycles. The van der Waals surface area contributed by atoms with Crippen LogP contribution in [0.3, 0.4) is 0 Å². The van der Waals surface area contributed by atoms with Crippen LogP contribution in [0.2, 0.25) is 5.02 Å². The predicted molar refractivity (Wildman–Crippen MR) is 114 cm³/mol. The van der Waals surface area contributed by atoms with Crippen LogP contribution >= 0.6 is 22.9 Å². The van der Waals surface area contributed by atoms with E-state index in [-0.39, 0.29) is 34.4 Å². The molecule has 6 nitrogen and oxygen atoms in total. The van der Waals surface area contributed by atoms with Crippen molar-refractivity contribution >= 4 is 40.4 Å². The van der Waals surface area contributed by atoms with Crippen LogP contribution in [0.25, 0.3) is 0 Å². The van der Waals surface area contributed by atoms with E-state index in [1.807, 2.05) is 31.4 Å². The number of nitrogens with two attached hydrogens (primary N) is 1. The zero-order chi connectivity index (χ0) is 21.1. The van der Waals surface area contributed by atoms with Gasteiger partial charge in [0.2, 0.25) is 5.78 Å². The average molecular weight is 433 g/mol. The molecule has 0 amide bonds. The van der Waals surface area contributed by atoms with E-state index < -0.39 is 5.97 Å². The SMILES string of the molecule is COc1cc(N)c(Cl)cc1C(=O)OCC(=O)c1cc(C)n(Cc2cccs2)c1C. The van der Waals surface area contributed by atoms with E-state index in [1.165, 1.54) is 24.1 Å². The zero-order valence-electron chi connectivity index (χ0n) is 16.3. The number of anilines is 1. The van der Waals surface area contributed by atoms with E-state index in [2.05, 4.69) is 10.6 Å². The number of ketones is 1. The molecule has 0 atom stereocenters. The first-order valence-corrected chi connectivity index (χ1v) is 10.1. The van der Waals surface area contributed by atoms with Crippen molar-refractivity contribution < 1.29 is 19.1 Å². The minimum Gasteiger partial charge on any atom is -0.496 e. The number of ether oxygens (including phenoxy) is 2. The molecule has 0 aliphatic rings. The maximum absolute atomic E-state index is 12.7. The van der Waals surface area contributed by atoms with Gasteiger partial charge in [-0.2, -0.15) is 0 Å². The summed E-state index contributed by atoms with van der Waals surface area (Å²) in [5.41, 5.74) is 8.47. The second kappa shape index (κ2) is 8.71. The monoisotopic (exact) mass is 432 g/mol. The van der Waals surface area contributed by atoms with Crippen LogP contribution in [0.4, 0.5) is 5.69 Å². The first-order chi connectivity index (χ1) is 13.8. The van der Waals surface area contributed by atoms with Crippen LogP contribution in [0, 0.1) is 13.8 Å². The molecule has 1 aromatic carbocycles. The molecule has 0 fully saturated rings. The Kier molecular flexibility index (Phi) is 6.30. The number of carbonyl (C=O) groups excluding carboxylic acids is 2. The van der Waals surface area contributed by atoms with Gasteiger partial charge in [-0.3, -0.25) is 4.79 Å². The molecule has 0 unspecified atom stereocenters. The summed E-state index contributed by atoms with van der Waals surface area (Å²) in [4.78, 5) is 26.3. The second-order valence-corrected chi connectivity index (χ2v) is 7.96. The van der Waals surface area contributed by atoms with Crippen LogP contribution in [0.5, 0.6) is 5.75 Å². The number of halogens is 1. The van der Waals surface area contributed by atoms with Crippen LogP contribution in [-0.2, 0) is 11.3 Å². The molecule has 2 aromatic heterocycles. The molecule has 0 radical (unpaired) electrons. The van der Waals surface area contributed by atoms with Crippen molar-refractivity contribution in [1.82, 2.24) is 4.57 Å². The van der Waals surface area contributed by atoms with Gasteiger partial charge in [0.05, 0.1) is 24.4 Å². The van der Waals surface area contributed by atoms with Crippen LogP contribution in [-0.4, -0.2) is 30.0 Å². The van der Waals surface area contributed by atoms with Gasteiger partial charge in [0.25, 0.3) is 0 Å². The maximum Gasteiger partial charge on any atom is 0.342 e. The average Bonchev–Trinajstić information content (AvgIpc) is 3.31. The minimum absolute atomic E-state index is 0.114. The van der Waals surface area contributed by atoms with Gasteiger partial charge in [0.15, 0.2) is 6.61 Å². The van der Waals surface area contributed by atoms with Crippen molar-refractivity contribution in [3.05, 3.63) is 68.1 Å². The summed E-state index contributed by atoms with van der Waals surface area (Å²) in [6, 6.07) is 8.68. The van der Waals surface area contributed by atoms with E-state index in [4.69, 9.17) is 26.8 Å². The first-order valence-electron chi connectivity index (χ1n) is 8.84. The smallest absolute Gasteiger partial charge is 0.342 e. The molecule has 8 heteroatoms. The number of thiophene rings is 1. The van der Waals surface area contributed by atoms with E-state index in [0.29, 0.717) is 12.1 Å². The van der Waals surface area contributed by atoms with Crippen molar-refractivity contribution in [2.75, 3.05) is 19.5 Å². The Bertz CT molecular complexity index is 1060. The Morgan fingerprint density at radius 1 is 1.21 bits per heavy atom. The summed E-state index contributed by atoms with van der Waals surface area (Å²) in [6.07, 6.45) is 0. The highest BCUT2D eigenvalue weighted by atomic mass is 35.5. The maximum atomic E-state index is 12.7. The molecule has 3 aromatic rings. The molecule has 0 saturated heterocycles. The highest BCUT2D eigenvalue weighted by molar-refractivity contribution is 7.09. The summed E-state index contributed by atoms with van der Waals surface area (Å²) in [7, 11) is 1.41. The normalized spacial score (nSPS) is 10.8. The van der Waals surface area contributed by atoms with Gasteiger partial charge in [-0.15, -0.1) is 11.3 Å². The van der Waals surface area contributed by atoms with Crippen molar-refractivity contribution in [2.45, 2.75) is 20.4 Å². The lowest BCUT2D eigenvalue weighted by molar-refractivity contribution is 0.0471. The zero-order valence-corrected chi connectivity index (χ0v) is 17.9. The number of hydrogen-bond acceptors (Lipinski definition) is 6. The molecule has 0 aliphatic heterocycles. The molecule has 0 bridgehead atoms. The number of nitrogens with zero attached hydrogens (tertiary/aromatic N) is 1. The summed E-state index contributed by atoms with van der Waals surface area (Å²) < 4.78 is 12.4. The number of rotatable bonds is 7. The highest BCUT2D eigenvalue weighted by Crippen LogP contribution is 2.29. The van der Waals surface area contributed by atoms with Crippen molar-refractivity contribution in [2.24, 2.45) is 0 Å². The second-order valence-electron chi connectivity index (χ2n) is 6.52. The minimum atomic E-state index is -0.704. The number of aromatic nitrogens is 1. The summed E-state index contributed by atoms with van der Waals surface area (Å²) in [6.45, 7) is 4.15. The lowest BCUT2D eigenvalue weighted by atomic mass is 10.1. The van der Waals surface area contributed by atoms with Crippen LogP contribution in [0.15, 0.2) is 35.7 Å². The quantitative estimate of drug-likeness (QED) is 0.337. The third-order valence-electron chi connectivity index (χ3n) is 4.64. The molecule has 0 saturated carbocycles.